The summed E-state index contributed by atoms with van der Waals surface area (Å²) in [5.74, 6) is -0.0568. The highest BCUT2D eigenvalue weighted by Crippen LogP contribution is 2.36. The molecule has 78 valence electrons. The summed E-state index contributed by atoms with van der Waals surface area (Å²) in [6, 6.07) is 1.91. The molecule has 1 heterocycles. The molecule has 0 amide bonds. The van der Waals surface area contributed by atoms with E-state index in [1.807, 2.05) is 6.07 Å². The highest BCUT2D eigenvalue weighted by atomic mass is 16.1. The maximum absolute atomic E-state index is 11.9. The number of rotatable bonds is 3. The van der Waals surface area contributed by atoms with Crippen molar-refractivity contribution in [1.29, 1.82) is 5.26 Å². The lowest BCUT2D eigenvalue weighted by atomic mass is 9.91. The lowest BCUT2D eigenvalue weighted by Crippen LogP contribution is -2.40. The highest BCUT2D eigenvalue weighted by Gasteiger charge is 2.43. The average molecular weight is 204 g/mol. The van der Waals surface area contributed by atoms with Gasteiger partial charge in [0.1, 0.15) is 5.54 Å². The highest BCUT2D eigenvalue weighted by molar-refractivity contribution is 5.88. The first kappa shape index (κ1) is 9.84. The van der Waals surface area contributed by atoms with Crippen LogP contribution in [0.3, 0.4) is 0 Å². The molecule has 5 heteroatoms. The number of hydrogen-bond acceptors (Lipinski definition) is 4. The molecule has 5 nitrogen and oxygen atoms in total. The summed E-state index contributed by atoms with van der Waals surface area (Å²) in [4.78, 5) is 13.4. The van der Waals surface area contributed by atoms with Gasteiger partial charge in [-0.25, -0.2) is 0 Å². The lowest BCUT2D eigenvalue weighted by molar-refractivity contribution is -0.127. The van der Waals surface area contributed by atoms with Crippen molar-refractivity contribution in [3.8, 4) is 6.07 Å². The average Bonchev–Trinajstić information content (AvgIpc) is 2.90. The fourth-order valence-corrected chi connectivity index (χ4v) is 2.22. The molecule has 0 aromatic carbocycles. The quantitative estimate of drug-likeness (QED) is 0.737. The summed E-state index contributed by atoms with van der Waals surface area (Å²) in [6.45, 7) is 0. The summed E-state index contributed by atoms with van der Waals surface area (Å²) in [5.41, 5.74) is -0.640. The van der Waals surface area contributed by atoms with Crippen LogP contribution in [-0.2, 0) is 10.3 Å². The Morgan fingerprint density at radius 2 is 2.00 bits per heavy atom. The Kier molecular flexibility index (Phi) is 2.50. The number of nitrogens with zero attached hydrogens (tertiary/aromatic N) is 4. The fraction of sp³-hybridized carbons (Fsp3) is 0.600. The van der Waals surface area contributed by atoms with Crippen LogP contribution in [0.4, 0.5) is 0 Å². The van der Waals surface area contributed by atoms with Crippen LogP contribution in [0.2, 0.25) is 0 Å². The number of aromatic nitrogens is 3. The van der Waals surface area contributed by atoms with Crippen molar-refractivity contribution < 1.29 is 4.79 Å². The zero-order chi connectivity index (χ0) is 10.7. The zero-order valence-electron chi connectivity index (χ0n) is 8.39. The molecule has 1 aromatic heterocycles. The molecular formula is C10H12N4O. The van der Waals surface area contributed by atoms with E-state index in [-0.39, 0.29) is 12.2 Å². The maximum atomic E-state index is 11.9. The van der Waals surface area contributed by atoms with Crippen LogP contribution >= 0.6 is 0 Å². The predicted molar refractivity (Wildman–Crippen MR) is 51.7 cm³/mol. The molecule has 1 aliphatic carbocycles. The summed E-state index contributed by atoms with van der Waals surface area (Å²) in [7, 11) is 0. The molecule has 15 heavy (non-hydrogen) atoms. The molecular weight excluding hydrogens is 192 g/mol. The van der Waals surface area contributed by atoms with E-state index in [9.17, 15) is 4.79 Å². The Labute approximate surface area is 87.7 Å². The first-order chi connectivity index (χ1) is 7.29. The molecule has 0 atom stereocenters. The summed E-state index contributed by atoms with van der Waals surface area (Å²) in [6.07, 6.45) is 6.59. The smallest absolute Gasteiger partial charge is 0.176 e. The van der Waals surface area contributed by atoms with Crippen molar-refractivity contribution in [1.82, 2.24) is 15.0 Å². The number of ketones is 1. The molecule has 0 aliphatic heterocycles. The second kappa shape index (κ2) is 3.81. The third-order valence-electron chi connectivity index (χ3n) is 2.99. The van der Waals surface area contributed by atoms with Crippen LogP contribution in [0, 0.1) is 11.3 Å². The molecule has 2 rings (SSSR count). The molecule has 0 saturated heterocycles. The number of carbonyl (C=O) groups excluding carboxylic acids is 1. The van der Waals surface area contributed by atoms with Crippen LogP contribution in [0.1, 0.15) is 32.1 Å². The Hall–Kier alpha value is -1.70. The van der Waals surface area contributed by atoms with Crippen molar-refractivity contribution in [2.24, 2.45) is 0 Å². The van der Waals surface area contributed by atoms with Gasteiger partial charge in [-0.3, -0.25) is 4.79 Å². The molecule has 0 radical (unpaired) electrons. The van der Waals surface area contributed by atoms with Crippen molar-refractivity contribution >= 4 is 5.78 Å². The Bertz CT molecular complexity index is 384. The van der Waals surface area contributed by atoms with Crippen molar-refractivity contribution in [3.05, 3.63) is 12.4 Å². The van der Waals surface area contributed by atoms with Crippen molar-refractivity contribution in [2.75, 3.05) is 0 Å². The number of hydrogen-bond donors (Lipinski definition) is 0. The van der Waals surface area contributed by atoms with E-state index in [2.05, 4.69) is 10.2 Å². The minimum Gasteiger partial charge on any atom is -0.296 e. The van der Waals surface area contributed by atoms with Crippen LogP contribution < -0.4 is 0 Å². The van der Waals surface area contributed by atoms with Gasteiger partial charge < -0.3 is 0 Å². The first-order valence-corrected chi connectivity index (χ1v) is 5.07. The van der Waals surface area contributed by atoms with Gasteiger partial charge in [-0.1, -0.05) is 12.8 Å². The maximum Gasteiger partial charge on any atom is 0.176 e. The minimum absolute atomic E-state index is 0.0540. The Morgan fingerprint density at radius 1 is 1.40 bits per heavy atom. The molecule has 0 unspecified atom stereocenters. The second-order valence-electron chi connectivity index (χ2n) is 3.82. The monoisotopic (exact) mass is 204 g/mol. The van der Waals surface area contributed by atoms with Gasteiger partial charge in [-0.05, 0) is 12.8 Å². The second-order valence-corrected chi connectivity index (χ2v) is 3.82. The molecule has 1 aliphatic rings. The zero-order valence-corrected chi connectivity index (χ0v) is 8.39. The molecule has 1 aromatic rings. The van der Waals surface area contributed by atoms with E-state index < -0.39 is 5.54 Å². The van der Waals surface area contributed by atoms with E-state index in [1.165, 1.54) is 4.80 Å². The van der Waals surface area contributed by atoms with E-state index in [1.54, 1.807) is 12.4 Å². The first-order valence-electron chi connectivity index (χ1n) is 5.07. The number of Topliss-reactive ketones (excluding diaryl/α,β-unsaturated/α-hetero) is 1. The molecule has 1 saturated carbocycles. The third-order valence-corrected chi connectivity index (χ3v) is 2.99. The SMILES string of the molecule is N#CCC(=O)C1(n2nccn2)CCCC1. The lowest BCUT2D eigenvalue weighted by Gasteiger charge is -2.25. The van der Waals surface area contributed by atoms with Crippen LogP contribution in [0.5, 0.6) is 0 Å². The van der Waals surface area contributed by atoms with Crippen LogP contribution in [0.15, 0.2) is 12.4 Å². The van der Waals surface area contributed by atoms with Gasteiger partial charge >= 0.3 is 0 Å². The molecule has 0 N–H and O–H groups in total. The van der Waals surface area contributed by atoms with Gasteiger partial charge in [0.15, 0.2) is 5.78 Å². The van der Waals surface area contributed by atoms with E-state index >= 15 is 0 Å². The molecule has 0 bridgehead atoms. The summed E-state index contributed by atoms with van der Waals surface area (Å²) in [5, 5.41) is 16.7. The van der Waals surface area contributed by atoms with Gasteiger partial charge in [-0.2, -0.15) is 20.3 Å². The number of nitriles is 1. The van der Waals surface area contributed by atoms with Crippen molar-refractivity contribution in [3.63, 3.8) is 0 Å². The topological polar surface area (TPSA) is 71.6 Å². The summed E-state index contributed by atoms with van der Waals surface area (Å²) < 4.78 is 0. The standard InChI is InChI=1S/C10H12N4O/c11-6-3-9(15)10(4-1-2-5-10)14-12-7-8-13-14/h7-8H,1-5H2. The molecule has 1 fully saturated rings. The van der Waals surface area contributed by atoms with Gasteiger partial charge in [0, 0.05) is 0 Å². The summed E-state index contributed by atoms with van der Waals surface area (Å²) >= 11 is 0. The Balaban J connectivity index is 2.33. The minimum atomic E-state index is -0.640. The van der Waals surface area contributed by atoms with E-state index in [0.29, 0.717) is 0 Å². The van der Waals surface area contributed by atoms with E-state index in [0.717, 1.165) is 25.7 Å². The van der Waals surface area contributed by atoms with Gasteiger partial charge in [0.25, 0.3) is 0 Å². The van der Waals surface area contributed by atoms with Gasteiger partial charge in [0.05, 0.1) is 24.9 Å². The normalized spacial score (nSPS) is 18.6. The van der Waals surface area contributed by atoms with Gasteiger partial charge in [-0.15, -0.1) is 0 Å². The van der Waals surface area contributed by atoms with Gasteiger partial charge in [0.2, 0.25) is 0 Å². The van der Waals surface area contributed by atoms with Crippen molar-refractivity contribution in [2.45, 2.75) is 37.6 Å². The molecule has 0 spiro atoms. The number of carbonyl (C=O) groups is 1. The third kappa shape index (κ3) is 1.52. The predicted octanol–water partition coefficient (Wildman–Crippen LogP) is 1.03. The Morgan fingerprint density at radius 3 is 2.53 bits per heavy atom. The largest absolute Gasteiger partial charge is 0.296 e. The fourth-order valence-electron chi connectivity index (χ4n) is 2.22. The van der Waals surface area contributed by atoms with Crippen LogP contribution in [-0.4, -0.2) is 20.8 Å². The van der Waals surface area contributed by atoms with Crippen LogP contribution in [0.25, 0.3) is 0 Å². The van der Waals surface area contributed by atoms with E-state index in [4.69, 9.17) is 5.26 Å².